The largest absolute Gasteiger partial charge is 0.334 e. The molecule has 2 heterocycles. The van der Waals surface area contributed by atoms with Crippen LogP contribution >= 0.6 is 0 Å². The Bertz CT molecular complexity index is 913. The van der Waals surface area contributed by atoms with E-state index in [-0.39, 0.29) is 6.03 Å². The summed E-state index contributed by atoms with van der Waals surface area (Å²) in [6.07, 6.45) is 1.64. The molecule has 0 spiro atoms. The predicted octanol–water partition coefficient (Wildman–Crippen LogP) is 3.22. The number of aryl methyl sites for hydroxylation is 4. The SMILES string of the molecule is Cc1ccc(CNC(=O)Nc2cnc3c(c2)c(C)nn3C)c(C)c1. The molecule has 0 atom stereocenters. The number of aromatic nitrogens is 3. The van der Waals surface area contributed by atoms with Gasteiger partial charge in [-0.05, 0) is 38.0 Å². The lowest BCUT2D eigenvalue weighted by Crippen LogP contribution is -2.28. The Balaban J connectivity index is 1.67. The molecule has 3 rings (SSSR count). The second-order valence-corrected chi connectivity index (χ2v) is 6.04. The number of urea groups is 1. The van der Waals surface area contributed by atoms with Crippen molar-refractivity contribution in [2.24, 2.45) is 7.05 Å². The Morgan fingerprint density at radius 3 is 2.75 bits per heavy atom. The maximum absolute atomic E-state index is 12.1. The molecule has 2 aromatic heterocycles. The van der Waals surface area contributed by atoms with Gasteiger partial charge in [-0.2, -0.15) is 5.10 Å². The summed E-state index contributed by atoms with van der Waals surface area (Å²) in [5, 5.41) is 11.0. The fourth-order valence-corrected chi connectivity index (χ4v) is 2.77. The second-order valence-electron chi connectivity index (χ2n) is 6.04. The van der Waals surface area contributed by atoms with Crippen molar-refractivity contribution in [1.82, 2.24) is 20.1 Å². The first-order valence-corrected chi connectivity index (χ1v) is 7.84. The summed E-state index contributed by atoms with van der Waals surface area (Å²) < 4.78 is 1.73. The first kappa shape index (κ1) is 16.0. The summed E-state index contributed by atoms with van der Waals surface area (Å²) in [5.74, 6) is 0. The maximum atomic E-state index is 12.1. The van der Waals surface area contributed by atoms with Crippen LogP contribution in [0.1, 0.15) is 22.4 Å². The number of benzene rings is 1. The molecular weight excluding hydrogens is 302 g/mol. The van der Waals surface area contributed by atoms with Crippen molar-refractivity contribution in [1.29, 1.82) is 0 Å². The highest BCUT2D eigenvalue weighted by Gasteiger charge is 2.09. The van der Waals surface area contributed by atoms with Crippen LogP contribution in [0.5, 0.6) is 0 Å². The topological polar surface area (TPSA) is 71.8 Å². The lowest BCUT2D eigenvalue weighted by molar-refractivity contribution is 0.251. The number of rotatable bonds is 3. The van der Waals surface area contributed by atoms with Gasteiger partial charge in [-0.3, -0.25) is 4.68 Å². The van der Waals surface area contributed by atoms with Crippen molar-refractivity contribution in [3.8, 4) is 0 Å². The van der Waals surface area contributed by atoms with E-state index in [1.165, 1.54) is 11.1 Å². The third-order valence-electron chi connectivity index (χ3n) is 4.06. The number of anilines is 1. The standard InChI is InChI=1S/C18H21N5O/c1-11-5-6-14(12(2)7-11)9-20-18(24)21-15-8-16-13(3)22-23(4)17(16)19-10-15/h5-8,10H,9H2,1-4H3,(H2,20,21,24). The van der Waals surface area contributed by atoms with Gasteiger partial charge in [0.1, 0.15) is 0 Å². The van der Waals surface area contributed by atoms with Crippen molar-refractivity contribution in [2.45, 2.75) is 27.3 Å². The summed E-state index contributed by atoms with van der Waals surface area (Å²) in [4.78, 5) is 16.5. The first-order valence-electron chi connectivity index (χ1n) is 7.84. The number of nitrogens with zero attached hydrogens (tertiary/aromatic N) is 3. The average molecular weight is 323 g/mol. The number of nitrogens with one attached hydrogen (secondary N) is 2. The van der Waals surface area contributed by atoms with E-state index in [0.717, 1.165) is 22.3 Å². The monoisotopic (exact) mass is 323 g/mol. The van der Waals surface area contributed by atoms with Crippen molar-refractivity contribution < 1.29 is 4.79 Å². The number of hydrogen-bond acceptors (Lipinski definition) is 3. The fourth-order valence-electron chi connectivity index (χ4n) is 2.77. The Hall–Kier alpha value is -2.89. The highest BCUT2D eigenvalue weighted by molar-refractivity contribution is 5.92. The lowest BCUT2D eigenvalue weighted by atomic mass is 10.1. The van der Waals surface area contributed by atoms with Crippen molar-refractivity contribution in [3.63, 3.8) is 0 Å². The number of fused-ring (bicyclic) bond motifs is 1. The maximum Gasteiger partial charge on any atom is 0.319 e. The van der Waals surface area contributed by atoms with Crippen molar-refractivity contribution in [2.75, 3.05) is 5.32 Å². The lowest BCUT2D eigenvalue weighted by Gasteiger charge is -2.10. The van der Waals surface area contributed by atoms with Crippen molar-refractivity contribution in [3.05, 3.63) is 52.8 Å². The number of hydrogen-bond donors (Lipinski definition) is 2. The minimum atomic E-state index is -0.252. The van der Waals surface area contributed by atoms with Crippen LogP contribution in [0, 0.1) is 20.8 Å². The molecule has 6 heteroatoms. The Labute approximate surface area is 140 Å². The van der Waals surface area contributed by atoms with Gasteiger partial charge >= 0.3 is 6.03 Å². The second kappa shape index (κ2) is 6.31. The quantitative estimate of drug-likeness (QED) is 0.777. The van der Waals surface area contributed by atoms with Crippen LogP contribution in [0.15, 0.2) is 30.5 Å². The zero-order valence-electron chi connectivity index (χ0n) is 14.3. The van der Waals surface area contributed by atoms with Crippen molar-refractivity contribution >= 4 is 22.8 Å². The van der Waals surface area contributed by atoms with Crippen LogP contribution < -0.4 is 10.6 Å². The molecule has 0 saturated carbocycles. The van der Waals surface area contributed by atoms with Gasteiger partial charge in [-0.1, -0.05) is 23.8 Å². The number of carbonyl (C=O) groups is 1. The molecule has 0 fully saturated rings. The molecule has 0 bridgehead atoms. The molecule has 0 aliphatic heterocycles. The molecule has 6 nitrogen and oxygen atoms in total. The predicted molar refractivity (Wildman–Crippen MR) is 95.0 cm³/mol. The summed E-state index contributed by atoms with van der Waals surface area (Å²) in [6, 6.07) is 7.83. The summed E-state index contributed by atoms with van der Waals surface area (Å²) in [6.45, 7) is 6.51. The van der Waals surface area contributed by atoms with Gasteiger partial charge < -0.3 is 10.6 Å². The third-order valence-corrected chi connectivity index (χ3v) is 4.06. The summed E-state index contributed by atoms with van der Waals surface area (Å²) in [7, 11) is 1.85. The highest BCUT2D eigenvalue weighted by Crippen LogP contribution is 2.19. The molecule has 2 N–H and O–H groups in total. The van der Waals surface area contributed by atoms with Crippen LogP contribution in [0.2, 0.25) is 0 Å². The molecule has 0 aliphatic carbocycles. The summed E-state index contributed by atoms with van der Waals surface area (Å²) >= 11 is 0. The van der Waals surface area contributed by atoms with E-state index in [9.17, 15) is 4.79 Å². The molecular formula is C18H21N5O. The van der Waals surface area contributed by atoms with Gasteiger partial charge in [0.2, 0.25) is 0 Å². The minimum absolute atomic E-state index is 0.252. The first-order chi connectivity index (χ1) is 11.4. The van der Waals surface area contributed by atoms with Gasteiger partial charge in [0.25, 0.3) is 0 Å². The van der Waals surface area contributed by atoms with Crippen LogP contribution in [-0.2, 0) is 13.6 Å². The Morgan fingerprint density at radius 2 is 2.00 bits per heavy atom. The van der Waals surface area contributed by atoms with Crippen LogP contribution in [0.4, 0.5) is 10.5 Å². The van der Waals surface area contributed by atoms with Crippen LogP contribution in [0.25, 0.3) is 11.0 Å². The number of amides is 2. The molecule has 3 aromatic rings. The van der Waals surface area contributed by atoms with Gasteiger partial charge in [-0.25, -0.2) is 9.78 Å². The minimum Gasteiger partial charge on any atom is -0.334 e. The Morgan fingerprint density at radius 1 is 1.21 bits per heavy atom. The van der Waals surface area contributed by atoms with Crippen LogP contribution in [-0.4, -0.2) is 20.8 Å². The van der Waals surface area contributed by atoms with E-state index >= 15 is 0 Å². The van der Waals surface area contributed by atoms with Gasteiger partial charge in [0.15, 0.2) is 5.65 Å². The molecule has 0 aliphatic rings. The van der Waals surface area contributed by atoms with Crippen LogP contribution in [0.3, 0.4) is 0 Å². The van der Waals surface area contributed by atoms with E-state index in [1.807, 2.05) is 39.1 Å². The molecule has 1 aromatic carbocycles. The molecule has 124 valence electrons. The molecule has 24 heavy (non-hydrogen) atoms. The van der Waals surface area contributed by atoms with Gasteiger partial charge in [0, 0.05) is 19.0 Å². The van der Waals surface area contributed by atoms with E-state index < -0.39 is 0 Å². The highest BCUT2D eigenvalue weighted by atomic mass is 16.2. The smallest absolute Gasteiger partial charge is 0.319 e. The molecule has 2 amide bonds. The zero-order chi connectivity index (χ0) is 17.3. The molecule has 0 unspecified atom stereocenters. The number of carbonyl (C=O) groups excluding carboxylic acids is 1. The van der Waals surface area contributed by atoms with E-state index in [0.29, 0.717) is 12.2 Å². The Kier molecular flexibility index (Phi) is 4.20. The fraction of sp³-hybridized carbons (Fsp3) is 0.278. The number of pyridine rings is 1. The summed E-state index contributed by atoms with van der Waals surface area (Å²) in [5.41, 5.74) is 5.83. The normalized spacial score (nSPS) is 10.8. The van der Waals surface area contributed by atoms with E-state index in [4.69, 9.17) is 0 Å². The molecule has 0 saturated heterocycles. The van der Waals surface area contributed by atoms with E-state index in [1.54, 1.807) is 10.9 Å². The van der Waals surface area contributed by atoms with Gasteiger partial charge in [0.05, 0.1) is 17.6 Å². The molecule has 0 radical (unpaired) electrons. The zero-order valence-corrected chi connectivity index (χ0v) is 14.3. The van der Waals surface area contributed by atoms with Gasteiger partial charge in [-0.15, -0.1) is 0 Å². The average Bonchev–Trinajstić information content (AvgIpc) is 2.81. The van der Waals surface area contributed by atoms with E-state index in [2.05, 4.69) is 33.7 Å². The third kappa shape index (κ3) is 3.22.